The first-order valence-electron chi connectivity index (χ1n) is 3.29. The third kappa shape index (κ3) is 4.09. The van der Waals surface area contributed by atoms with Gasteiger partial charge in [-0.3, -0.25) is 0 Å². The molecule has 0 aliphatic rings. The molecule has 1 unspecified atom stereocenters. The van der Waals surface area contributed by atoms with Crippen LogP contribution in [-0.2, 0) is 4.79 Å². The maximum Gasteiger partial charge on any atom is 0.328 e. The quantitative estimate of drug-likeness (QED) is 0.567. The van der Waals surface area contributed by atoms with Gasteiger partial charge in [0.15, 0.2) is 0 Å². The standard InChI is InChI=1S/C7H13NO2/c1-3-6(8-2)4-5-7(9)10/h4-6,8H,3H2,1-2H3,(H,9,10)/b5-4+. The van der Waals surface area contributed by atoms with Crippen LogP contribution in [0.15, 0.2) is 12.2 Å². The fraction of sp³-hybridized carbons (Fsp3) is 0.571. The van der Waals surface area contributed by atoms with Crippen molar-refractivity contribution in [1.29, 1.82) is 0 Å². The number of likely N-dealkylation sites (N-methyl/N-ethyl adjacent to an activating group) is 1. The Morgan fingerprint density at radius 1 is 1.80 bits per heavy atom. The molecule has 0 heterocycles. The second-order valence-electron chi connectivity index (χ2n) is 2.00. The van der Waals surface area contributed by atoms with E-state index in [-0.39, 0.29) is 6.04 Å². The van der Waals surface area contributed by atoms with E-state index >= 15 is 0 Å². The van der Waals surface area contributed by atoms with E-state index in [9.17, 15) is 4.79 Å². The second kappa shape index (κ2) is 4.99. The number of hydrogen-bond acceptors (Lipinski definition) is 2. The molecule has 0 amide bonds. The highest BCUT2D eigenvalue weighted by Gasteiger charge is 1.95. The lowest BCUT2D eigenvalue weighted by molar-refractivity contribution is -0.131. The van der Waals surface area contributed by atoms with Crippen molar-refractivity contribution in [3.8, 4) is 0 Å². The van der Waals surface area contributed by atoms with Gasteiger partial charge in [0.1, 0.15) is 0 Å². The fourth-order valence-electron chi connectivity index (χ4n) is 0.635. The Morgan fingerprint density at radius 2 is 2.40 bits per heavy atom. The van der Waals surface area contributed by atoms with Crippen LogP contribution in [0.25, 0.3) is 0 Å². The number of rotatable bonds is 4. The maximum atomic E-state index is 10.0. The third-order valence-electron chi connectivity index (χ3n) is 1.28. The van der Waals surface area contributed by atoms with Crippen LogP contribution in [-0.4, -0.2) is 24.2 Å². The van der Waals surface area contributed by atoms with E-state index in [0.29, 0.717) is 0 Å². The summed E-state index contributed by atoms with van der Waals surface area (Å²) in [5, 5.41) is 11.2. The molecule has 0 fully saturated rings. The zero-order valence-corrected chi connectivity index (χ0v) is 6.29. The molecule has 0 aliphatic carbocycles. The van der Waals surface area contributed by atoms with Crippen LogP contribution in [0.1, 0.15) is 13.3 Å². The Morgan fingerprint density at radius 3 is 2.70 bits per heavy atom. The van der Waals surface area contributed by atoms with Gasteiger partial charge in [0.05, 0.1) is 0 Å². The van der Waals surface area contributed by atoms with Crippen molar-refractivity contribution in [2.45, 2.75) is 19.4 Å². The lowest BCUT2D eigenvalue weighted by atomic mass is 10.2. The minimum absolute atomic E-state index is 0.177. The second-order valence-corrected chi connectivity index (χ2v) is 2.00. The Hall–Kier alpha value is -0.830. The van der Waals surface area contributed by atoms with Crippen LogP contribution in [0, 0.1) is 0 Å². The smallest absolute Gasteiger partial charge is 0.328 e. The Labute approximate surface area is 60.7 Å². The average Bonchev–Trinajstić information content (AvgIpc) is 1.90. The molecule has 0 aromatic carbocycles. The molecular formula is C7H13NO2. The Bertz CT molecular complexity index is 128. The maximum absolute atomic E-state index is 10.0. The van der Waals surface area contributed by atoms with Crippen molar-refractivity contribution >= 4 is 5.97 Å². The molecule has 10 heavy (non-hydrogen) atoms. The molecule has 0 rings (SSSR count). The summed E-state index contributed by atoms with van der Waals surface area (Å²) < 4.78 is 0. The third-order valence-corrected chi connectivity index (χ3v) is 1.28. The summed E-state index contributed by atoms with van der Waals surface area (Å²) in [4.78, 5) is 10.0. The lowest BCUT2D eigenvalue weighted by Crippen LogP contribution is -2.21. The molecule has 58 valence electrons. The van der Waals surface area contributed by atoms with Crippen LogP contribution in [0.2, 0.25) is 0 Å². The average molecular weight is 143 g/mol. The van der Waals surface area contributed by atoms with E-state index in [2.05, 4.69) is 5.32 Å². The summed E-state index contributed by atoms with van der Waals surface area (Å²) in [7, 11) is 1.81. The number of carboxylic acid groups (broad SMARTS) is 1. The molecule has 0 aromatic rings. The molecule has 0 saturated heterocycles. The first-order valence-corrected chi connectivity index (χ1v) is 3.29. The summed E-state index contributed by atoms with van der Waals surface area (Å²) in [6.07, 6.45) is 3.70. The summed E-state index contributed by atoms with van der Waals surface area (Å²) in [5.41, 5.74) is 0. The van der Waals surface area contributed by atoms with Crippen molar-refractivity contribution in [2.75, 3.05) is 7.05 Å². The number of carboxylic acids is 1. The van der Waals surface area contributed by atoms with Crippen LogP contribution in [0.5, 0.6) is 0 Å². The van der Waals surface area contributed by atoms with Gasteiger partial charge in [-0.25, -0.2) is 4.79 Å². The summed E-state index contributed by atoms with van der Waals surface area (Å²) in [6.45, 7) is 1.99. The molecule has 3 nitrogen and oxygen atoms in total. The first kappa shape index (κ1) is 9.17. The van der Waals surface area contributed by atoms with Gasteiger partial charge in [0.2, 0.25) is 0 Å². The summed E-state index contributed by atoms with van der Waals surface area (Å²) >= 11 is 0. The molecule has 0 radical (unpaired) electrons. The van der Waals surface area contributed by atoms with E-state index in [1.807, 2.05) is 6.92 Å². The van der Waals surface area contributed by atoms with Crippen molar-refractivity contribution in [3.63, 3.8) is 0 Å². The van der Waals surface area contributed by atoms with Gasteiger partial charge in [0.25, 0.3) is 0 Å². The molecule has 0 aliphatic heterocycles. The topological polar surface area (TPSA) is 49.3 Å². The molecule has 2 N–H and O–H groups in total. The zero-order chi connectivity index (χ0) is 7.98. The molecule has 0 aromatic heterocycles. The summed E-state index contributed by atoms with van der Waals surface area (Å²) in [5.74, 6) is -0.895. The minimum Gasteiger partial charge on any atom is -0.478 e. The van der Waals surface area contributed by atoms with Gasteiger partial charge >= 0.3 is 5.97 Å². The van der Waals surface area contributed by atoms with E-state index in [4.69, 9.17) is 5.11 Å². The van der Waals surface area contributed by atoms with E-state index in [0.717, 1.165) is 12.5 Å². The highest BCUT2D eigenvalue weighted by Crippen LogP contribution is 1.90. The molecule has 0 saturated carbocycles. The molecule has 1 atom stereocenters. The van der Waals surface area contributed by atoms with E-state index in [1.165, 1.54) is 0 Å². The van der Waals surface area contributed by atoms with Gasteiger partial charge < -0.3 is 10.4 Å². The van der Waals surface area contributed by atoms with E-state index in [1.54, 1.807) is 13.1 Å². The number of hydrogen-bond donors (Lipinski definition) is 2. The van der Waals surface area contributed by atoms with Gasteiger partial charge in [0, 0.05) is 12.1 Å². The summed E-state index contributed by atoms with van der Waals surface area (Å²) in [6, 6.07) is 0.177. The van der Waals surface area contributed by atoms with Crippen molar-refractivity contribution in [3.05, 3.63) is 12.2 Å². The number of nitrogens with one attached hydrogen (secondary N) is 1. The van der Waals surface area contributed by atoms with Crippen molar-refractivity contribution < 1.29 is 9.90 Å². The minimum atomic E-state index is -0.895. The van der Waals surface area contributed by atoms with Gasteiger partial charge in [-0.1, -0.05) is 13.0 Å². The monoisotopic (exact) mass is 143 g/mol. The van der Waals surface area contributed by atoms with Crippen LogP contribution < -0.4 is 5.32 Å². The fourth-order valence-corrected chi connectivity index (χ4v) is 0.635. The molecule has 0 bridgehead atoms. The largest absolute Gasteiger partial charge is 0.478 e. The predicted molar refractivity (Wildman–Crippen MR) is 39.9 cm³/mol. The Balaban J connectivity index is 3.72. The van der Waals surface area contributed by atoms with Gasteiger partial charge in [-0.2, -0.15) is 0 Å². The number of aliphatic carboxylic acids is 1. The van der Waals surface area contributed by atoms with E-state index < -0.39 is 5.97 Å². The number of carbonyl (C=O) groups is 1. The van der Waals surface area contributed by atoms with Crippen LogP contribution in [0.3, 0.4) is 0 Å². The molecular weight excluding hydrogens is 130 g/mol. The van der Waals surface area contributed by atoms with Crippen molar-refractivity contribution in [1.82, 2.24) is 5.32 Å². The van der Waals surface area contributed by atoms with Crippen LogP contribution >= 0.6 is 0 Å². The zero-order valence-electron chi connectivity index (χ0n) is 6.29. The van der Waals surface area contributed by atoms with Crippen molar-refractivity contribution in [2.24, 2.45) is 0 Å². The highest BCUT2D eigenvalue weighted by atomic mass is 16.4. The lowest BCUT2D eigenvalue weighted by Gasteiger charge is -2.05. The first-order chi connectivity index (χ1) is 4.70. The highest BCUT2D eigenvalue weighted by molar-refractivity contribution is 5.79. The van der Waals surface area contributed by atoms with Crippen LogP contribution in [0.4, 0.5) is 0 Å². The predicted octanol–water partition coefficient (Wildman–Crippen LogP) is 0.625. The normalized spacial score (nSPS) is 13.8. The van der Waals surface area contributed by atoms with Gasteiger partial charge in [-0.05, 0) is 13.5 Å². The molecule has 0 spiro atoms. The van der Waals surface area contributed by atoms with Gasteiger partial charge in [-0.15, -0.1) is 0 Å². The molecule has 3 heteroatoms. The Kier molecular flexibility index (Phi) is 4.58. The SMILES string of the molecule is CCC(/C=C/C(=O)O)NC.